The third-order valence-electron chi connectivity index (χ3n) is 9.52. The minimum Gasteiger partial charge on any atom is -0.465 e. The zero-order valence-corrected chi connectivity index (χ0v) is 35.7. The van der Waals surface area contributed by atoms with Gasteiger partial charge in [0, 0.05) is 39.6 Å². The lowest BCUT2D eigenvalue weighted by atomic mass is 9.87. The number of fused-ring (bicyclic) bond motifs is 3. The number of hydrogen-bond acceptors (Lipinski definition) is 12. The van der Waals surface area contributed by atoms with E-state index in [1.54, 1.807) is 12.1 Å². The summed E-state index contributed by atoms with van der Waals surface area (Å²) in [6.07, 6.45) is 0.806. The van der Waals surface area contributed by atoms with Crippen molar-refractivity contribution in [2.75, 3.05) is 21.3 Å². The van der Waals surface area contributed by atoms with Gasteiger partial charge in [0.25, 0.3) is 0 Å². The van der Waals surface area contributed by atoms with Gasteiger partial charge in [0.2, 0.25) is 5.88 Å². The second kappa shape index (κ2) is 19.5. The third-order valence-corrected chi connectivity index (χ3v) is 10.5. The van der Waals surface area contributed by atoms with Gasteiger partial charge in [-0.05, 0) is 47.2 Å². The van der Waals surface area contributed by atoms with E-state index in [1.165, 1.54) is 45.2 Å². The van der Waals surface area contributed by atoms with Crippen LogP contribution >= 0.6 is 0 Å². The molecule has 0 fully saturated rings. The number of carbonyl (C=O) groups excluding carboxylic acids is 3. The Labute approximate surface area is 359 Å². The fourth-order valence-corrected chi connectivity index (χ4v) is 7.08. The van der Waals surface area contributed by atoms with Crippen LogP contribution in [0.25, 0.3) is 33.5 Å². The van der Waals surface area contributed by atoms with E-state index in [1.807, 2.05) is 44.3 Å². The second-order valence-corrected chi connectivity index (χ2v) is 15.8. The number of alkyl carbamates (subject to hydrolysis) is 1. The number of methoxy groups -OCH3 is 3. The Bertz CT molecular complexity index is 2670. The second-order valence-electron chi connectivity index (χ2n) is 14.3. The molecule has 332 valence electrons. The van der Waals surface area contributed by atoms with Crippen molar-refractivity contribution in [2.45, 2.75) is 58.1 Å². The molecule has 0 bridgehead atoms. The number of amides is 1. The van der Waals surface area contributed by atoms with Crippen LogP contribution in [0.2, 0.25) is 0 Å². The van der Waals surface area contributed by atoms with Gasteiger partial charge < -0.3 is 23.7 Å². The summed E-state index contributed by atoms with van der Waals surface area (Å²) in [5, 5.41) is 2.18. The Kier molecular flexibility index (Phi) is 14.7. The number of esters is 2. The lowest BCUT2D eigenvalue weighted by Gasteiger charge is -2.22. The molecule has 3 heterocycles. The number of nitrogens with zero attached hydrogens (tertiary/aromatic N) is 3. The number of hydrogen-bond donors (Lipinski definition) is 1. The fraction of sp³-hybridized carbons (Fsp3) is 0.273. The molecule has 2 aromatic heterocycles. The van der Waals surface area contributed by atoms with Crippen molar-refractivity contribution >= 4 is 34.4 Å². The summed E-state index contributed by atoms with van der Waals surface area (Å²) < 4.78 is 109. The molecule has 0 atom stereocenters. The molecule has 0 saturated heterocycles. The Morgan fingerprint density at radius 3 is 1.75 bits per heavy atom. The van der Waals surface area contributed by atoms with E-state index in [-0.39, 0.29) is 34.1 Å². The van der Waals surface area contributed by atoms with Gasteiger partial charge in [0.1, 0.15) is 11.6 Å². The van der Waals surface area contributed by atoms with Crippen LogP contribution in [0.15, 0.2) is 77.8 Å². The minimum atomic E-state index is -6.19. The minimum absolute atomic E-state index is 0.00932. The summed E-state index contributed by atoms with van der Waals surface area (Å²) in [5.74, 6) is -4.08. The van der Waals surface area contributed by atoms with Crippen LogP contribution in [-0.4, -0.2) is 69.5 Å². The van der Waals surface area contributed by atoms with Crippen LogP contribution in [0, 0.1) is 11.6 Å². The molecule has 0 spiro atoms. The van der Waals surface area contributed by atoms with Crippen LogP contribution in [0.3, 0.4) is 0 Å². The summed E-state index contributed by atoms with van der Waals surface area (Å²) in [4.78, 5) is 50.6. The van der Waals surface area contributed by atoms with Crippen molar-refractivity contribution in [3.8, 4) is 39.4 Å². The van der Waals surface area contributed by atoms with Gasteiger partial charge in [-0.1, -0.05) is 76.2 Å². The number of ether oxygens (including phenoxy) is 3. The van der Waals surface area contributed by atoms with Crippen molar-refractivity contribution in [3.05, 3.63) is 124 Å². The molecule has 0 aliphatic carbocycles. The smallest absolute Gasteiger partial charge is 0.465 e. The van der Waals surface area contributed by atoms with Gasteiger partial charge in [0.15, 0.2) is 0 Å². The first-order valence-corrected chi connectivity index (χ1v) is 20.4. The number of nitrogens with one attached hydrogen (secondary N) is 1. The van der Waals surface area contributed by atoms with E-state index in [0.29, 0.717) is 23.4 Å². The Morgan fingerprint density at radius 2 is 1.24 bits per heavy atom. The summed E-state index contributed by atoms with van der Waals surface area (Å²) in [7, 11) is -2.76. The van der Waals surface area contributed by atoms with E-state index in [9.17, 15) is 44.8 Å². The summed E-state index contributed by atoms with van der Waals surface area (Å²) in [6.45, 7) is 6.77. The summed E-state index contributed by atoms with van der Waals surface area (Å²) >= 11 is 0. The first-order chi connectivity index (χ1) is 29.7. The molecule has 0 saturated carbocycles. The average molecular weight is 897 g/mol. The molecule has 5 aromatic rings. The zero-order valence-electron chi connectivity index (χ0n) is 34.9. The van der Waals surface area contributed by atoms with Crippen LogP contribution in [0.5, 0.6) is 5.88 Å². The molecule has 3 aromatic carbocycles. The Morgan fingerprint density at radius 1 is 0.730 bits per heavy atom. The Hall–Kier alpha value is -6.76. The molecular formula is C44H41F5N4O9S. The molecule has 1 aliphatic heterocycles. The van der Waals surface area contributed by atoms with Crippen LogP contribution in [-0.2, 0) is 37.4 Å². The molecule has 6 rings (SSSR count). The predicted octanol–water partition coefficient (Wildman–Crippen LogP) is 9.28. The summed E-state index contributed by atoms with van der Waals surface area (Å²) in [6, 6.07) is 18.5. The Balaban J connectivity index is 0.000000240. The number of aromatic nitrogens is 2. The lowest BCUT2D eigenvalue weighted by Crippen LogP contribution is -2.30. The molecule has 1 aliphatic rings. The van der Waals surface area contributed by atoms with E-state index in [4.69, 9.17) is 14.5 Å². The molecule has 63 heavy (non-hydrogen) atoms. The van der Waals surface area contributed by atoms with Gasteiger partial charge in [0.05, 0.1) is 62.6 Å². The van der Waals surface area contributed by atoms with E-state index >= 15 is 0 Å². The molecular weight excluding hydrogens is 856 g/mol. The van der Waals surface area contributed by atoms with Crippen molar-refractivity contribution in [1.29, 1.82) is 0 Å². The number of aliphatic imine (C=N–C) groups is 1. The van der Waals surface area contributed by atoms with Crippen molar-refractivity contribution in [3.63, 3.8) is 0 Å². The molecule has 13 nitrogen and oxygen atoms in total. The van der Waals surface area contributed by atoms with Crippen LogP contribution in [0.4, 0.5) is 26.7 Å². The van der Waals surface area contributed by atoms with Gasteiger partial charge in [-0.3, -0.25) is 9.98 Å². The van der Waals surface area contributed by atoms with Crippen molar-refractivity contribution < 1.29 is 63.1 Å². The number of rotatable bonds is 10. The van der Waals surface area contributed by atoms with Gasteiger partial charge in [-0.15, -0.1) is 0 Å². The van der Waals surface area contributed by atoms with E-state index in [2.05, 4.69) is 24.2 Å². The number of halogens is 5. The maximum Gasteiger partial charge on any atom is 0.534 e. The fourth-order valence-electron chi connectivity index (χ4n) is 6.64. The normalized spacial score (nSPS) is 12.0. The standard InChI is InChI=1S/C24H21FN2O2.C20H20F4N2O7S/c1-14(2)22-21(24(28)29-3)20(15-8-10-17(25)11-9-15)19-13-26-12-16-6-4-5-7-18(16)23(19)27-22;1-10(2)16-15(18(27)31-3)14(11-5-7-12(21)8-6-11)13(9-25-19(28)32-4)17(26-16)33-34(29,30)20(22,23)24/h4-12,14H,13H2,1-3H3;5-8,10H,9H2,1-4H3,(H,25,28). The van der Waals surface area contributed by atoms with E-state index < -0.39 is 63.4 Å². The SMILES string of the molecule is COC(=O)NCc1c(OS(=O)(=O)C(F)(F)F)nc(C(C)C)c(C(=O)OC)c1-c1ccc(F)cc1.COC(=O)c1c(C(C)C)nc2c(c1-c1ccc(F)cc1)CN=Cc1ccccc1-2. The van der Waals surface area contributed by atoms with Gasteiger partial charge in [-0.25, -0.2) is 28.1 Å². The first kappa shape index (κ1) is 47.3. The summed E-state index contributed by atoms with van der Waals surface area (Å²) in [5.41, 5.74) is -0.591. The molecule has 0 unspecified atom stereocenters. The topological polar surface area (TPSA) is 172 Å². The van der Waals surface area contributed by atoms with Crippen molar-refractivity contribution in [2.24, 2.45) is 4.99 Å². The van der Waals surface area contributed by atoms with E-state index in [0.717, 1.165) is 54.3 Å². The maximum atomic E-state index is 13.6. The number of benzene rings is 3. The quantitative estimate of drug-likeness (QED) is 0.0466. The van der Waals surface area contributed by atoms with Gasteiger partial charge in [-0.2, -0.15) is 21.6 Å². The average Bonchev–Trinajstić information content (AvgIpc) is 3.43. The highest BCUT2D eigenvalue weighted by Crippen LogP contribution is 2.42. The molecule has 0 radical (unpaired) electrons. The van der Waals surface area contributed by atoms with Crippen molar-refractivity contribution in [1.82, 2.24) is 15.3 Å². The highest BCUT2D eigenvalue weighted by Gasteiger charge is 2.49. The van der Waals surface area contributed by atoms with Gasteiger partial charge >= 0.3 is 33.7 Å². The predicted molar refractivity (Wildman–Crippen MR) is 222 cm³/mol. The zero-order chi connectivity index (χ0) is 46.4. The first-order valence-electron chi connectivity index (χ1n) is 19.0. The van der Waals surface area contributed by atoms with Crippen LogP contribution in [0.1, 0.15) is 88.3 Å². The highest BCUT2D eigenvalue weighted by molar-refractivity contribution is 7.88. The molecule has 19 heteroatoms. The maximum absolute atomic E-state index is 13.6. The monoisotopic (exact) mass is 896 g/mol. The number of pyridine rings is 2. The number of alkyl halides is 3. The third kappa shape index (κ3) is 10.3. The van der Waals surface area contributed by atoms with Crippen LogP contribution < -0.4 is 9.50 Å². The molecule has 1 amide bonds. The number of carbonyl (C=O) groups is 3. The largest absolute Gasteiger partial charge is 0.534 e. The molecule has 1 N–H and O–H groups in total. The highest BCUT2D eigenvalue weighted by atomic mass is 32.2. The lowest BCUT2D eigenvalue weighted by molar-refractivity contribution is -0.0501.